The molecule has 3 saturated carbocycles. The van der Waals surface area contributed by atoms with Gasteiger partial charge in [-0.15, -0.1) is 0 Å². The summed E-state index contributed by atoms with van der Waals surface area (Å²) in [6, 6.07) is 0.908. The molecular formula is C17H30N2. The van der Waals surface area contributed by atoms with Gasteiger partial charge in [-0.3, -0.25) is 4.90 Å². The lowest BCUT2D eigenvalue weighted by Crippen LogP contribution is -2.70. The predicted octanol–water partition coefficient (Wildman–Crippen LogP) is 3.32. The molecule has 0 aromatic carbocycles. The van der Waals surface area contributed by atoms with Gasteiger partial charge in [0.05, 0.1) is 0 Å². The van der Waals surface area contributed by atoms with E-state index in [9.17, 15) is 0 Å². The predicted molar refractivity (Wildman–Crippen MR) is 79.3 cm³/mol. The van der Waals surface area contributed by atoms with Gasteiger partial charge >= 0.3 is 0 Å². The van der Waals surface area contributed by atoms with Crippen LogP contribution in [0.3, 0.4) is 0 Å². The van der Waals surface area contributed by atoms with E-state index >= 15 is 0 Å². The summed E-state index contributed by atoms with van der Waals surface area (Å²) in [4.78, 5) is 3.00. The zero-order valence-electron chi connectivity index (χ0n) is 12.6. The first-order valence-electron chi connectivity index (χ1n) is 8.74. The van der Waals surface area contributed by atoms with Crippen LogP contribution in [0.2, 0.25) is 0 Å². The third-order valence-electron chi connectivity index (χ3n) is 6.73. The largest absolute Gasteiger partial charge is 0.308 e. The van der Waals surface area contributed by atoms with E-state index in [1.807, 2.05) is 0 Å². The number of piperazine rings is 1. The minimum atomic E-state index is 0.475. The van der Waals surface area contributed by atoms with E-state index in [0.29, 0.717) is 11.1 Å². The number of nitrogens with one attached hydrogen (secondary N) is 1. The first-order valence-corrected chi connectivity index (χ1v) is 8.74. The Labute approximate surface area is 118 Å². The van der Waals surface area contributed by atoms with Crippen molar-refractivity contribution in [3.63, 3.8) is 0 Å². The Bertz CT molecular complexity index is 337. The summed E-state index contributed by atoms with van der Waals surface area (Å²) in [6.07, 6.45) is 14.6. The number of rotatable bonds is 2. The Balaban J connectivity index is 1.59. The Morgan fingerprint density at radius 1 is 0.947 bits per heavy atom. The molecule has 0 bridgehead atoms. The highest BCUT2D eigenvalue weighted by Gasteiger charge is 2.54. The summed E-state index contributed by atoms with van der Waals surface area (Å²) in [5, 5.41) is 4.02. The first kappa shape index (κ1) is 12.6. The molecule has 108 valence electrons. The molecule has 0 amide bonds. The van der Waals surface area contributed by atoms with Crippen LogP contribution in [-0.4, -0.2) is 35.1 Å². The maximum absolute atomic E-state index is 4.02. The summed E-state index contributed by atoms with van der Waals surface area (Å²) in [7, 11) is 0. The lowest BCUT2D eigenvalue weighted by Gasteiger charge is -2.55. The molecule has 3 aliphatic carbocycles. The van der Waals surface area contributed by atoms with Crippen LogP contribution in [0.25, 0.3) is 0 Å². The van der Waals surface area contributed by atoms with E-state index in [1.165, 1.54) is 77.3 Å². The second-order valence-electron chi connectivity index (χ2n) is 8.04. The Hall–Kier alpha value is -0.0800. The highest BCUT2D eigenvalue weighted by atomic mass is 15.3. The molecular weight excluding hydrogens is 232 g/mol. The molecule has 0 aromatic heterocycles. The highest BCUT2D eigenvalue weighted by Crippen LogP contribution is 2.49. The molecule has 4 fully saturated rings. The summed E-state index contributed by atoms with van der Waals surface area (Å²) in [5.41, 5.74) is 0.972. The van der Waals surface area contributed by atoms with E-state index in [4.69, 9.17) is 0 Å². The average Bonchev–Trinajstić information content (AvgIpc) is 2.97. The fourth-order valence-electron chi connectivity index (χ4n) is 5.26. The van der Waals surface area contributed by atoms with E-state index in [2.05, 4.69) is 17.1 Å². The van der Waals surface area contributed by atoms with Crippen LogP contribution in [0, 0.1) is 5.92 Å². The molecule has 19 heavy (non-hydrogen) atoms. The number of hydrogen-bond donors (Lipinski definition) is 1. The molecule has 4 aliphatic rings. The molecule has 1 saturated heterocycles. The van der Waals surface area contributed by atoms with Crippen LogP contribution in [0.4, 0.5) is 0 Å². The van der Waals surface area contributed by atoms with Gasteiger partial charge in [0.15, 0.2) is 0 Å². The van der Waals surface area contributed by atoms with Crippen LogP contribution in [-0.2, 0) is 0 Å². The van der Waals surface area contributed by atoms with Crippen molar-refractivity contribution in [2.45, 2.75) is 88.3 Å². The summed E-state index contributed by atoms with van der Waals surface area (Å²) in [6.45, 7) is 5.18. The SMILES string of the molecule is CC1(C2CC2)CNC2(CCCC2)CN1C1CCCC1. The zero-order chi connectivity index (χ0) is 12.9. The zero-order valence-corrected chi connectivity index (χ0v) is 12.6. The van der Waals surface area contributed by atoms with Crippen molar-refractivity contribution in [1.29, 1.82) is 0 Å². The average molecular weight is 262 g/mol. The maximum atomic E-state index is 4.02. The lowest BCUT2D eigenvalue weighted by atomic mass is 9.82. The van der Waals surface area contributed by atoms with E-state index in [0.717, 1.165) is 12.0 Å². The first-order chi connectivity index (χ1) is 9.22. The molecule has 0 radical (unpaired) electrons. The molecule has 1 unspecified atom stereocenters. The van der Waals surface area contributed by atoms with Gasteiger partial charge in [0.25, 0.3) is 0 Å². The van der Waals surface area contributed by atoms with Gasteiger partial charge < -0.3 is 5.32 Å². The molecule has 2 nitrogen and oxygen atoms in total. The molecule has 1 spiro atoms. The highest BCUT2D eigenvalue weighted by molar-refractivity contribution is 5.11. The molecule has 1 N–H and O–H groups in total. The van der Waals surface area contributed by atoms with Crippen LogP contribution in [0.15, 0.2) is 0 Å². The minimum absolute atomic E-state index is 0.475. The Morgan fingerprint density at radius 3 is 2.26 bits per heavy atom. The van der Waals surface area contributed by atoms with Crippen LogP contribution in [0.5, 0.6) is 0 Å². The van der Waals surface area contributed by atoms with E-state index in [1.54, 1.807) is 0 Å². The van der Waals surface area contributed by atoms with E-state index in [-0.39, 0.29) is 0 Å². The standard InChI is InChI=1S/C17H30N2/c1-16(14-8-9-14)12-18-17(10-4-5-11-17)13-19(16)15-6-2-3-7-15/h14-15,18H,2-13H2,1H3. The third-order valence-corrected chi connectivity index (χ3v) is 6.73. The van der Waals surface area contributed by atoms with Crippen molar-refractivity contribution >= 4 is 0 Å². The normalized spacial score (nSPS) is 40.3. The molecule has 1 aliphatic heterocycles. The fraction of sp³-hybridized carbons (Fsp3) is 1.00. The van der Waals surface area contributed by atoms with Crippen molar-refractivity contribution in [1.82, 2.24) is 10.2 Å². The smallest absolute Gasteiger partial charge is 0.0337 e. The van der Waals surface area contributed by atoms with Gasteiger partial charge in [-0.05, 0) is 51.4 Å². The minimum Gasteiger partial charge on any atom is -0.308 e. The Morgan fingerprint density at radius 2 is 1.63 bits per heavy atom. The molecule has 0 aromatic rings. The van der Waals surface area contributed by atoms with Crippen molar-refractivity contribution in [3.05, 3.63) is 0 Å². The second-order valence-corrected chi connectivity index (χ2v) is 8.04. The van der Waals surface area contributed by atoms with E-state index < -0.39 is 0 Å². The van der Waals surface area contributed by atoms with Gasteiger partial charge in [-0.2, -0.15) is 0 Å². The Kier molecular flexibility index (Phi) is 2.97. The molecule has 1 atom stereocenters. The molecule has 1 heterocycles. The fourth-order valence-corrected chi connectivity index (χ4v) is 5.26. The quantitative estimate of drug-likeness (QED) is 0.821. The van der Waals surface area contributed by atoms with Gasteiger partial charge in [-0.25, -0.2) is 0 Å². The van der Waals surface area contributed by atoms with Gasteiger partial charge in [-0.1, -0.05) is 25.7 Å². The topological polar surface area (TPSA) is 15.3 Å². The van der Waals surface area contributed by atoms with Crippen molar-refractivity contribution in [2.24, 2.45) is 5.92 Å². The molecule has 2 heteroatoms. The summed E-state index contributed by atoms with van der Waals surface area (Å²) < 4.78 is 0. The van der Waals surface area contributed by atoms with Gasteiger partial charge in [0, 0.05) is 30.2 Å². The van der Waals surface area contributed by atoms with Crippen molar-refractivity contribution in [3.8, 4) is 0 Å². The van der Waals surface area contributed by atoms with Crippen LogP contribution >= 0.6 is 0 Å². The second kappa shape index (κ2) is 4.46. The van der Waals surface area contributed by atoms with Gasteiger partial charge in [0.1, 0.15) is 0 Å². The lowest BCUT2D eigenvalue weighted by molar-refractivity contribution is -0.0275. The third kappa shape index (κ3) is 2.06. The summed E-state index contributed by atoms with van der Waals surface area (Å²) in [5.74, 6) is 0.986. The number of nitrogens with zero attached hydrogens (tertiary/aromatic N) is 1. The van der Waals surface area contributed by atoms with Gasteiger partial charge in [0.2, 0.25) is 0 Å². The number of hydrogen-bond acceptors (Lipinski definition) is 2. The van der Waals surface area contributed by atoms with Crippen LogP contribution in [0.1, 0.15) is 71.1 Å². The maximum Gasteiger partial charge on any atom is 0.0337 e. The van der Waals surface area contributed by atoms with Crippen molar-refractivity contribution in [2.75, 3.05) is 13.1 Å². The monoisotopic (exact) mass is 262 g/mol. The summed E-state index contributed by atoms with van der Waals surface area (Å²) >= 11 is 0. The van der Waals surface area contributed by atoms with Crippen molar-refractivity contribution < 1.29 is 0 Å². The van der Waals surface area contributed by atoms with Crippen LogP contribution < -0.4 is 5.32 Å². The molecule has 4 rings (SSSR count).